The summed E-state index contributed by atoms with van der Waals surface area (Å²) in [5.74, 6) is -0.444. The predicted molar refractivity (Wildman–Crippen MR) is 60.1 cm³/mol. The number of hydrogen-bond acceptors (Lipinski definition) is 5. The highest BCUT2D eigenvalue weighted by Gasteiger charge is 2.08. The summed E-state index contributed by atoms with van der Waals surface area (Å²) >= 11 is 0. The first-order valence-electron chi connectivity index (χ1n) is 5.66. The van der Waals surface area contributed by atoms with Crippen molar-refractivity contribution in [3.05, 3.63) is 0 Å². The molecular weight excluding hydrogens is 210 g/mol. The zero-order chi connectivity index (χ0) is 11.6. The standard InChI is InChI=1S/C10H21N3O3/c11-10(14)9-16-8-7-15-6-5-13-3-1-12-2-4-13/h12H,1-9H2,(H2,11,14). The Morgan fingerprint density at radius 1 is 1.19 bits per heavy atom. The van der Waals surface area contributed by atoms with Crippen LogP contribution >= 0.6 is 0 Å². The molecule has 1 fully saturated rings. The third-order valence-electron chi connectivity index (χ3n) is 2.38. The number of ether oxygens (including phenoxy) is 2. The summed E-state index contributed by atoms with van der Waals surface area (Å²) in [5, 5.41) is 3.30. The number of piperazine rings is 1. The highest BCUT2D eigenvalue weighted by Crippen LogP contribution is 1.91. The minimum atomic E-state index is -0.444. The Bertz CT molecular complexity index is 196. The second kappa shape index (κ2) is 8.46. The minimum absolute atomic E-state index is 0.0266. The summed E-state index contributed by atoms with van der Waals surface area (Å²) in [4.78, 5) is 12.7. The molecule has 0 aliphatic carbocycles. The molecule has 0 unspecified atom stereocenters. The van der Waals surface area contributed by atoms with Crippen LogP contribution in [0.4, 0.5) is 0 Å². The van der Waals surface area contributed by atoms with Crippen molar-refractivity contribution in [2.24, 2.45) is 5.73 Å². The number of nitrogens with one attached hydrogen (secondary N) is 1. The van der Waals surface area contributed by atoms with Crippen LogP contribution in [0, 0.1) is 0 Å². The van der Waals surface area contributed by atoms with Crippen LogP contribution in [-0.2, 0) is 14.3 Å². The molecule has 0 radical (unpaired) electrons. The van der Waals surface area contributed by atoms with Crippen LogP contribution < -0.4 is 11.1 Å². The van der Waals surface area contributed by atoms with Crippen molar-refractivity contribution in [3.63, 3.8) is 0 Å². The zero-order valence-corrected chi connectivity index (χ0v) is 9.61. The first-order chi connectivity index (χ1) is 7.79. The van der Waals surface area contributed by atoms with E-state index in [1.807, 2.05) is 0 Å². The predicted octanol–water partition coefficient (Wildman–Crippen LogP) is -1.59. The van der Waals surface area contributed by atoms with E-state index in [2.05, 4.69) is 10.2 Å². The number of carbonyl (C=O) groups excluding carboxylic acids is 1. The van der Waals surface area contributed by atoms with Crippen LogP contribution in [0.5, 0.6) is 0 Å². The van der Waals surface area contributed by atoms with Crippen LogP contribution in [0.1, 0.15) is 0 Å². The first-order valence-corrected chi connectivity index (χ1v) is 5.66. The van der Waals surface area contributed by atoms with Gasteiger partial charge in [-0.05, 0) is 0 Å². The average molecular weight is 231 g/mol. The molecule has 16 heavy (non-hydrogen) atoms. The lowest BCUT2D eigenvalue weighted by Gasteiger charge is -2.26. The van der Waals surface area contributed by atoms with Crippen molar-refractivity contribution < 1.29 is 14.3 Å². The van der Waals surface area contributed by atoms with Crippen molar-refractivity contribution in [2.45, 2.75) is 0 Å². The van der Waals surface area contributed by atoms with Crippen molar-refractivity contribution in [1.29, 1.82) is 0 Å². The van der Waals surface area contributed by atoms with Crippen LogP contribution in [0.2, 0.25) is 0 Å². The molecule has 0 aromatic carbocycles. The normalized spacial score (nSPS) is 17.5. The fourth-order valence-corrected chi connectivity index (χ4v) is 1.52. The third-order valence-corrected chi connectivity index (χ3v) is 2.38. The van der Waals surface area contributed by atoms with Gasteiger partial charge in [-0.25, -0.2) is 0 Å². The molecule has 0 atom stereocenters. The van der Waals surface area contributed by atoms with Crippen LogP contribution in [-0.4, -0.2) is 70.0 Å². The van der Waals surface area contributed by atoms with Gasteiger partial charge in [-0.3, -0.25) is 9.69 Å². The quantitative estimate of drug-likeness (QED) is 0.493. The number of amides is 1. The maximum atomic E-state index is 10.3. The zero-order valence-electron chi connectivity index (χ0n) is 9.61. The van der Waals surface area contributed by atoms with E-state index in [-0.39, 0.29) is 6.61 Å². The first kappa shape index (κ1) is 13.4. The SMILES string of the molecule is NC(=O)COCCOCCN1CCNCC1. The molecule has 0 aromatic heterocycles. The fourth-order valence-electron chi connectivity index (χ4n) is 1.52. The Morgan fingerprint density at radius 2 is 1.88 bits per heavy atom. The molecule has 0 aromatic rings. The van der Waals surface area contributed by atoms with Crippen LogP contribution in [0.15, 0.2) is 0 Å². The number of nitrogens with two attached hydrogens (primary N) is 1. The highest BCUT2D eigenvalue weighted by atomic mass is 16.5. The Hall–Kier alpha value is -0.690. The van der Waals surface area contributed by atoms with E-state index in [1.165, 1.54) is 0 Å². The topological polar surface area (TPSA) is 76.8 Å². The van der Waals surface area contributed by atoms with Gasteiger partial charge in [0.1, 0.15) is 6.61 Å². The highest BCUT2D eigenvalue weighted by molar-refractivity contribution is 5.74. The van der Waals surface area contributed by atoms with Crippen LogP contribution in [0.25, 0.3) is 0 Å². The van der Waals surface area contributed by atoms with E-state index in [1.54, 1.807) is 0 Å². The van der Waals surface area contributed by atoms with Crippen molar-refractivity contribution in [2.75, 3.05) is 59.2 Å². The van der Waals surface area contributed by atoms with E-state index >= 15 is 0 Å². The van der Waals surface area contributed by atoms with Crippen molar-refractivity contribution in [3.8, 4) is 0 Å². The van der Waals surface area contributed by atoms with Crippen molar-refractivity contribution >= 4 is 5.91 Å². The molecule has 1 rings (SSSR count). The number of primary amides is 1. The van der Waals surface area contributed by atoms with Crippen LogP contribution in [0.3, 0.4) is 0 Å². The summed E-state index contributed by atoms with van der Waals surface area (Å²) in [6.45, 7) is 6.86. The lowest BCUT2D eigenvalue weighted by molar-refractivity contribution is -0.123. The van der Waals surface area contributed by atoms with Gasteiger partial charge in [-0.15, -0.1) is 0 Å². The summed E-state index contributed by atoms with van der Waals surface area (Å²) in [7, 11) is 0. The molecule has 1 saturated heterocycles. The molecule has 0 bridgehead atoms. The Balaban J connectivity index is 1.82. The number of nitrogens with zero attached hydrogens (tertiary/aromatic N) is 1. The van der Waals surface area contributed by atoms with E-state index < -0.39 is 5.91 Å². The van der Waals surface area contributed by atoms with Gasteiger partial charge in [0.15, 0.2) is 0 Å². The third kappa shape index (κ3) is 6.73. The number of rotatable bonds is 8. The summed E-state index contributed by atoms with van der Waals surface area (Å²) < 4.78 is 10.3. The Kier molecular flexibility index (Phi) is 7.07. The molecule has 6 nitrogen and oxygen atoms in total. The Labute approximate surface area is 96.1 Å². The molecular formula is C10H21N3O3. The molecule has 0 saturated carbocycles. The molecule has 3 N–H and O–H groups in total. The summed E-state index contributed by atoms with van der Waals surface area (Å²) in [5.41, 5.74) is 4.91. The maximum absolute atomic E-state index is 10.3. The second-order valence-corrected chi connectivity index (χ2v) is 3.72. The minimum Gasteiger partial charge on any atom is -0.378 e. The average Bonchev–Trinajstić information content (AvgIpc) is 2.29. The number of hydrogen-bond donors (Lipinski definition) is 2. The lowest BCUT2D eigenvalue weighted by Crippen LogP contribution is -2.44. The molecule has 1 heterocycles. The second-order valence-electron chi connectivity index (χ2n) is 3.72. The molecule has 0 spiro atoms. The molecule has 1 amide bonds. The molecule has 94 valence electrons. The van der Waals surface area contributed by atoms with Gasteiger partial charge in [-0.2, -0.15) is 0 Å². The summed E-state index contributed by atoms with van der Waals surface area (Å²) in [6.07, 6.45) is 0. The van der Waals surface area contributed by atoms with Gasteiger partial charge in [0.05, 0.1) is 19.8 Å². The maximum Gasteiger partial charge on any atom is 0.243 e. The lowest BCUT2D eigenvalue weighted by atomic mass is 10.4. The van der Waals surface area contributed by atoms with Crippen molar-refractivity contribution in [1.82, 2.24) is 10.2 Å². The van der Waals surface area contributed by atoms with Gasteiger partial charge >= 0.3 is 0 Å². The summed E-state index contributed by atoms with van der Waals surface area (Å²) in [6, 6.07) is 0. The fraction of sp³-hybridized carbons (Fsp3) is 0.900. The van der Waals surface area contributed by atoms with Gasteiger partial charge < -0.3 is 20.5 Å². The van der Waals surface area contributed by atoms with Gasteiger partial charge in [-0.1, -0.05) is 0 Å². The molecule has 1 aliphatic rings. The van der Waals surface area contributed by atoms with E-state index in [0.717, 1.165) is 32.7 Å². The largest absolute Gasteiger partial charge is 0.378 e. The molecule has 1 aliphatic heterocycles. The number of carbonyl (C=O) groups is 1. The monoisotopic (exact) mass is 231 g/mol. The van der Waals surface area contributed by atoms with E-state index in [0.29, 0.717) is 19.8 Å². The van der Waals surface area contributed by atoms with E-state index in [9.17, 15) is 4.79 Å². The van der Waals surface area contributed by atoms with Gasteiger partial charge in [0.25, 0.3) is 0 Å². The van der Waals surface area contributed by atoms with Gasteiger partial charge in [0.2, 0.25) is 5.91 Å². The van der Waals surface area contributed by atoms with Gasteiger partial charge in [0, 0.05) is 32.7 Å². The Morgan fingerprint density at radius 3 is 2.56 bits per heavy atom. The smallest absolute Gasteiger partial charge is 0.243 e. The van der Waals surface area contributed by atoms with E-state index in [4.69, 9.17) is 15.2 Å². The molecule has 6 heteroatoms.